The van der Waals surface area contributed by atoms with E-state index in [1.54, 1.807) is 0 Å². The lowest BCUT2D eigenvalue weighted by Gasteiger charge is -2.43. The molecule has 3 rings (SSSR count). The summed E-state index contributed by atoms with van der Waals surface area (Å²) >= 11 is 0. The van der Waals surface area contributed by atoms with Crippen LogP contribution >= 0.6 is 8.38 Å². The molecule has 0 saturated carbocycles. The number of aliphatic hydroxyl groups is 1. The molecule has 2 bridgehead atoms. The molecule has 0 amide bonds. The molecule has 0 unspecified atom stereocenters. The van der Waals surface area contributed by atoms with Gasteiger partial charge in [0.2, 0.25) is 0 Å². The van der Waals surface area contributed by atoms with Gasteiger partial charge in [-0.1, -0.05) is 0 Å². The van der Waals surface area contributed by atoms with Crippen LogP contribution in [0.4, 0.5) is 0 Å². The first-order chi connectivity index (χ1) is 4.85. The highest BCUT2D eigenvalue weighted by atomic mass is 31.2. The number of fused-ring (bicyclic) bond motifs is 3. The molecule has 3 fully saturated rings. The van der Waals surface area contributed by atoms with E-state index in [4.69, 9.17) is 14.2 Å². The van der Waals surface area contributed by atoms with Crippen LogP contribution in [-0.4, -0.2) is 31.1 Å². The van der Waals surface area contributed by atoms with Crippen molar-refractivity contribution in [1.82, 2.24) is 0 Å². The molecule has 0 aromatic heterocycles. The predicted octanol–water partition coefficient (Wildman–Crippen LogP) is 0.727. The third kappa shape index (κ3) is 0.978. The average molecular weight is 162 g/mol. The quantitative estimate of drug-likeness (QED) is 0.577. The first kappa shape index (κ1) is 6.99. The first-order valence-electron chi connectivity index (χ1n) is 3.49. The summed E-state index contributed by atoms with van der Waals surface area (Å²) in [5, 5.41) is 9.01. The van der Waals surface area contributed by atoms with Crippen LogP contribution in [0, 0.1) is 5.41 Å². The molecule has 0 aromatic rings. The molecule has 0 atom stereocenters. The number of hydrogen-bond donors (Lipinski definition) is 1. The van der Waals surface area contributed by atoms with Crippen molar-refractivity contribution in [2.24, 2.45) is 5.41 Å². The molecule has 0 aliphatic carbocycles. The molecular formula is C6H11O3P. The van der Waals surface area contributed by atoms with E-state index in [9.17, 15) is 0 Å². The lowest BCUT2D eigenvalue weighted by atomic mass is 9.88. The van der Waals surface area contributed by atoms with Crippen LogP contribution < -0.4 is 0 Å². The van der Waals surface area contributed by atoms with Crippen molar-refractivity contribution in [3.63, 3.8) is 0 Å². The summed E-state index contributed by atoms with van der Waals surface area (Å²) in [5.41, 5.74) is -0.0446. The lowest BCUT2D eigenvalue weighted by Crippen LogP contribution is -2.43. The minimum atomic E-state index is -0.552. The van der Waals surface area contributed by atoms with Crippen molar-refractivity contribution in [1.29, 1.82) is 0 Å². The van der Waals surface area contributed by atoms with E-state index in [1.165, 1.54) is 0 Å². The van der Waals surface area contributed by atoms with Gasteiger partial charge in [-0.25, -0.2) is 0 Å². The molecule has 3 aliphatic heterocycles. The van der Waals surface area contributed by atoms with Gasteiger partial charge in [0.05, 0.1) is 19.8 Å². The van der Waals surface area contributed by atoms with Crippen LogP contribution in [0.25, 0.3) is 0 Å². The first-order valence-corrected chi connectivity index (χ1v) is 4.85. The zero-order valence-electron chi connectivity index (χ0n) is 5.75. The summed E-state index contributed by atoms with van der Waals surface area (Å²) < 4.78 is 10.7. The highest BCUT2D eigenvalue weighted by Crippen LogP contribution is 2.53. The second-order valence-electron chi connectivity index (χ2n) is 3.01. The molecule has 4 heteroatoms. The topological polar surface area (TPSA) is 38.7 Å². The molecule has 3 heterocycles. The van der Waals surface area contributed by atoms with Crippen molar-refractivity contribution in [2.75, 3.05) is 26.0 Å². The van der Waals surface area contributed by atoms with Crippen LogP contribution in [0.15, 0.2) is 0 Å². The smallest absolute Gasteiger partial charge is 0.170 e. The van der Waals surface area contributed by atoms with E-state index in [0.29, 0.717) is 13.2 Å². The Bertz CT molecular complexity index is 117. The van der Waals surface area contributed by atoms with E-state index in [-0.39, 0.29) is 12.0 Å². The van der Waals surface area contributed by atoms with Crippen molar-refractivity contribution in [2.45, 2.75) is 6.42 Å². The molecule has 3 aliphatic rings. The van der Waals surface area contributed by atoms with Crippen molar-refractivity contribution >= 4 is 8.38 Å². The van der Waals surface area contributed by atoms with Crippen LogP contribution in [0.5, 0.6) is 0 Å². The van der Waals surface area contributed by atoms with Crippen molar-refractivity contribution in [3.8, 4) is 0 Å². The Labute approximate surface area is 61.2 Å². The van der Waals surface area contributed by atoms with Gasteiger partial charge in [0.15, 0.2) is 8.38 Å². The Morgan fingerprint density at radius 1 is 1.40 bits per heavy atom. The number of hydrogen-bond acceptors (Lipinski definition) is 3. The monoisotopic (exact) mass is 162 g/mol. The van der Waals surface area contributed by atoms with E-state index >= 15 is 0 Å². The molecule has 3 nitrogen and oxygen atoms in total. The maximum absolute atomic E-state index is 9.01. The highest BCUT2D eigenvalue weighted by Gasteiger charge is 2.42. The fraction of sp³-hybridized carbons (Fsp3) is 1.00. The standard InChI is InChI=1S/C6H11O3P/c7-3-6-1-2-10(8-4-6)9-5-6/h7H,1-5H2. The molecule has 1 N–H and O–H groups in total. The van der Waals surface area contributed by atoms with Gasteiger partial charge in [-0.3, -0.25) is 0 Å². The largest absolute Gasteiger partial charge is 0.396 e. The van der Waals surface area contributed by atoms with Gasteiger partial charge in [0.25, 0.3) is 0 Å². The summed E-state index contributed by atoms with van der Waals surface area (Å²) in [5.74, 6) is 0. The maximum Gasteiger partial charge on any atom is 0.170 e. The summed E-state index contributed by atoms with van der Waals surface area (Å²) in [6.45, 7) is 1.61. The van der Waals surface area contributed by atoms with E-state index in [2.05, 4.69) is 0 Å². The maximum atomic E-state index is 9.01. The summed E-state index contributed by atoms with van der Waals surface area (Å²) in [4.78, 5) is 0. The Morgan fingerprint density at radius 2 is 2.10 bits per heavy atom. The molecule has 3 saturated heterocycles. The second kappa shape index (κ2) is 2.42. The Hall–Kier alpha value is 0.310. The summed E-state index contributed by atoms with van der Waals surface area (Å²) in [7, 11) is -0.552. The predicted molar refractivity (Wildman–Crippen MR) is 37.8 cm³/mol. The SMILES string of the molecule is OCC12CCP(OC1)OC2. The fourth-order valence-electron chi connectivity index (χ4n) is 1.27. The summed E-state index contributed by atoms with van der Waals surface area (Å²) in [6, 6.07) is 0. The van der Waals surface area contributed by atoms with E-state index in [0.717, 1.165) is 12.6 Å². The number of aliphatic hydroxyl groups excluding tert-OH is 1. The molecule has 0 radical (unpaired) electrons. The molecule has 58 valence electrons. The Kier molecular flexibility index (Phi) is 1.69. The van der Waals surface area contributed by atoms with Gasteiger partial charge in [0.1, 0.15) is 0 Å². The lowest BCUT2D eigenvalue weighted by molar-refractivity contribution is -0.0285. The van der Waals surface area contributed by atoms with Crippen LogP contribution in [0.2, 0.25) is 0 Å². The van der Waals surface area contributed by atoms with E-state index < -0.39 is 8.38 Å². The highest BCUT2D eigenvalue weighted by molar-refractivity contribution is 7.47. The van der Waals surface area contributed by atoms with Crippen LogP contribution in [0.3, 0.4) is 0 Å². The zero-order chi connectivity index (χ0) is 7.03. The van der Waals surface area contributed by atoms with Crippen LogP contribution in [-0.2, 0) is 9.05 Å². The van der Waals surface area contributed by atoms with E-state index in [1.807, 2.05) is 0 Å². The molecule has 0 spiro atoms. The minimum Gasteiger partial charge on any atom is -0.396 e. The van der Waals surface area contributed by atoms with Crippen molar-refractivity contribution in [3.05, 3.63) is 0 Å². The zero-order valence-corrected chi connectivity index (χ0v) is 6.64. The summed E-state index contributed by atoms with van der Waals surface area (Å²) in [6.07, 6.45) is 2.09. The van der Waals surface area contributed by atoms with Gasteiger partial charge in [-0.05, 0) is 6.42 Å². The van der Waals surface area contributed by atoms with Gasteiger partial charge in [0, 0.05) is 11.6 Å². The van der Waals surface area contributed by atoms with Gasteiger partial charge >= 0.3 is 0 Å². The third-order valence-corrected chi connectivity index (χ3v) is 3.61. The minimum absolute atomic E-state index is 0.0446. The Morgan fingerprint density at radius 3 is 2.40 bits per heavy atom. The Balaban J connectivity index is 2.08. The normalized spacial score (nSPS) is 45.9. The molecular weight excluding hydrogens is 151 g/mol. The molecule has 10 heavy (non-hydrogen) atoms. The van der Waals surface area contributed by atoms with Gasteiger partial charge < -0.3 is 14.2 Å². The third-order valence-electron chi connectivity index (χ3n) is 2.19. The average Bonchev–Trinajstić information content (AvgIpc) is 2.08. The second-order valence-corrected chi connectivity index (χ2v) is 4.64. The van der Waals surface area contributed by atoms with Crippen LogP contribution in [0.1, 0.15) is 6.42 Å². The molecule has 0 aromatic carbocycles. The van der Waals surface area contributed by atoms with Crippen molar-refractivity contribution < 1.29 is 14.2 Å². The number of rotatable bonds is 1. The van der Waals surface area contributed by atoms with Gasteiger partial charge in [-0.15, -0.1) is 0 Å². The fourth-order valence-corrected chi connectivity index (χ4v) is 3.09. The van der Waals surface area contributed by atoms with Gasteiger partial charge in [-0.2, -0.15) is 0 Å².